The molecule has 0 bridgehead atoms. The Balaban J connectivity index is 1.55. The lowest BCUT2D eigenvalue weighted by Crippen LogP contribution is -2.41. The maximum atomic E-state index is 12.0. The van der Waals surface area contributed by atoms with Gasteiger partial charge in [0.15, 0.2) is 5.96 Å². The van der Waals surface area contributed by atoms with Crippen molar-refractivity contribution in [1.82, 2.24) is 10.6 Å². The highest BCUT2D eigenvalue weighted by molar-refractivity contribution is 5.94. The number of amides is 1. The van der Waals surface area contributed by atoms with E-state index in [1.54, 1.807) is 7.05 Å². The number of aryl methyl sites for hydroxylation is 3. The number of rotatable bonds is 5. The van der Waals surface area contributed by atoms with Crippen LogP contribution in [0.4, 0.5) is 5.69 Å². The molecule has 0 spiro atoms. The number of nitrogens with zero attached hydrogens (tertiary/aromatic N) is 1. The van der Waals surface area contributed by atoms with Crippen molar-refractivity contribution in [2.75, 3.05) is 25.5 Å². The molecule has 0 saturated heterocycles. The van der Waals surface area contributed by atoms with Crippen LogP contribution in [0.5, 0.6) is 0 Å². The van der Waals surface area contributed by atoms with Crippen LogP contribution in [0.15, 0.2) is 41.4 Å². The van der Waals surface area contributed by atoms with Gasteiger partial charge in [0, 0.05) is 38.2 Å². The summed E-state index contributed by atoms with van der Waals surface area (Å²) in [6.45, 7) is 7.97. The predicted octanol–water partition coefficient (Wildman–Crippen LogP) is 3.45. The third-order valence-electron chi connectivity index (χ3n) is 5.35. The van der Waals surface area contributed by atoms with Crippen molar-refractivity contribution in [3.63, 3.8) is 0 Å². The third kappa shape index (κ3) is 4.71. The average Bonchev–Trinajstić information content (AvgIpc) is 2.65. The number of anilines is 1. The van der Waals surface area contributed by atoms with E-state index < -0.39 is 0 Å². The van der Waals surface area contributed by atoms with Gasteiger partial charge in [-0.1, -0.05) is 35.9 Å². The number of guanidine groups is 1. The Hall–Kier alpha value is -2.82. The zero-order valence-electron chi connectivity index (χ0n) is 17.2. The smallest absolute Gasteiger partial charge is 0.225 e. The van der Waals surface area contributed by atoms with Crippen LogP contribution in [0.1, 0.15) is 40.2 Å². The van der Waals surface area contributed by atoms with Crippen LogP contribution >= 0.6 is 0 Å². The fourth-order valence-corrected chi connectivity index (χ4v) is 4.03. The van der Waals surface area contributed by atoms with Crippen molar-refractivity contribution in [3.05, 3.63) is 64.2 Å². The molecule has 1 amide bonds. The number of carbonyl (C=O) groups is 1. The number of aliphatic imine (C=N–C) groups is 1. The van der Waals surface area contributed by atoms with E-state index in [0.717, 1.165) is 24.6 Å². The van der Waals surface area contributed by atoms with Crippen LogP contribution in [0, 0.1) is 20.8 Å². The molecule has 1 unspecified atom stereocenters. The van der Waals surface area contributed by atoms with E-state index in [2.05, 4.69) is 59.9 Å². The first-order chi connectivity index (χ1) is 13.5. The number of hydrogen-bond acceptors (Lipinski definition) is 2. The summed E-state index contributed by atoms with van der Waals surface area (Å²) in [5.41, 5.74) is 7.47. The Morgan fingerprint density at radius 1 is 1.14 bits per heavy atom. The van der Waals surface area contributed by atoms with E-state index in [9.17, 15) is 4.79 Å². The minimum absolute atomic E-state index is 0.0683. The van der Waals surface area contributed by atoms with Crippen molar-refractivity contribution in [3.8, 4) is 0 Å². The first-order valence-corrected chi connectivity index (χ1v) is 9.88. The van der Waals surface area contributed by atoms with E-state index >= 15 is 0 Å². The molecule has 5 heteroatoms. The fraction of sp³-hybridized carbons (Fsp3) is 0.391. The van der Waals surface area contributed by atoms with Gasteiger partial charge < -0.3 is 16.0 Å². The molecule has 1 aliphatic heterocycles. The lowest BCUT2D eigenvalue weighted by molar-refractivity contribution is -0.116. The second-order valence-electron chi connectivity index (χ2n) is 7.54. The zero-order valence-corrected chi connectivity index (χ0v) is 17.2. The van der Waals surface area contributed by atoms with Crippen molar-refractivity contribution in [2.45, 2.75) is 39.5 Å². The largest absolute Gasteiger partial charge is 0.356 e. The maximum absolute atomic E-state index is 12.0. The average molecular weight is 379 g/mol. The molecule has 28 heavy (non-hydrogen) atoms. The van der Waals surface area contributed by atoms with Gasteiger partial charge in [0.1, 0.15) is 0 Å². The summed E-state index contributed by atoms with van der Waals surface area (Å²) in [4.78, 5) is 16.3. The summed E-state index contributed by atoms with van der Waals surface area (Å²) in [5, 5.41) is 9.73. The molecule has 148 valence electrons. The van der Waals surface area contributed by atoms with E-state index in [1.807, 2.05) is 18.2 Å². The molecule has 3 N–H and O–H groups in total. The molecular weight excluding hydrogens is 348 g/mol. The number of benzene rings is 2. The Morgan fingerprint density at radius 2 is 1.86 bits per heavy atom. The predicted molar refractivity (Wildman–Crippen MR) is 116 cm³/mol. The third-order valence-corrected chi connectivity index (χ3v) is 5.35. The highest BCUT2D eigenvalue weighted by Gasteiger charge is 2.24. The monoisotopic (exact) mass is 378 g/mol. The van der Waals surface area contributed by atoms with Gasteiger partial charge in [-0.05, 0) is 55.5 Å². The van der Waals surface area contributed by atoms with Crippen LogP contribution in [-0.2, 0) is 11.2 Å². The van der Waals surface area contributed by atoms with Crippen LogP contribution in [0.2, 0.25) is 0 Å². The minimum atomic E-state index is 0.0683. The normalized spacial score (nSPS) is 16.4. The van der Waals surface area contributed by atoms with Crippen LogP contribution in [0.25, 0.3) is 0 Å². The molecule has 1 atom stereocenters. The molecule has 0 saturated carbocycles. The number of fused-ring (bicyclic) bond motifs is 1. The van der Waals surface area contributed by atoms with Gasteiger partial charge in [-0.25, -0.2) is 0 Å². The lowest BCUT2D eigenvalue weighted by atomic mass is 9.90. The van der Waals surface area contributed by atoms with Gasteiger partial charge in [-0.2, -0.15) is 0 Å². The Bertz CT molecular complexity index is 865. The number of nitrogens with one attached hydrogen (secondary N) is 3. The molecule has 0 fully saturated rings. The van der Waals surface area contributed by atoms with Crippen LogP contribution in [0.3, 0.4) is 0 Å². The SMILES string of the molecule is CN=C(NCCc1c(C)cc(C)cc1C)NCC1CC(=O)Nc2ccccc21. The summed E-state index contributed by atoms with van der Waals surface area (Å²) in [6, 6.07) is 12.5. The number of hydrogen-bond donors (Lipinski definition) is 3. The Kier molecular flexibility index (Phi) is 6.34. The highest BCUT2D eigenvalue weighted by Crippen LogP contribution is 2.31. The van der Waals surface area contributed by atoms with Gasteiger partial charge in [0.2, 0.25) is 5.91 Å². The second kappa shape index (κ2) is 8.91. The van der Waals surface area contributed by atoms with Crippen molar-refractivity contribution < 1.29 is 4.79 Å². The molecule has 1 heterocycles. The van der Waals surface area contributed by atoms with Crippen molar-refractivity contribution in [1.29, 1.82) is 0 Å². The topological polar surface area (TPSA) is 65.5 Å². The number of carbonyl (C=O) groups excluding carboxylic acids is 1. The first-order valence-electron chi connectivity index (χ1n) is 9.88. The Morgan fingerprint density at radius 3 is 2.57 bits per heavy atom. The van der Waals surface area contributed by atoms with Crippen LogP contribution < -0.4 is 16.0 Å². The van der Waals surface area contributed by atoms with Crippen LogP contribution in [-0.4, -0.2) is 32.0 Å². The van der Waals surface area contributed by atoms with E-state index in [1.165, 1.54) is 27.8 Å². The molecule has 0 aromatic heterocycles. The van der Waals surface area contributed by atoms with E-state index in [-0.39, 0.29) is 11.8 Å². The molecule has 0 radical (unpaired) electrons. The summed E-state index contributed by atoms with van der Waals surface area (Å²) < 4.78 is 0. The fourth-order valence-electron chi connectivity index (χ4n) is 4.03. The van der Waals surface area contributed by atoms with Gasteiger partial charge in [0.05, 0.1) is 0 Å². The van der Waals surface area contributed by atoms with E-state index in [4.69, 9.17) is 0 Å². The maximum Gasteiger partial charge on any atom is 0.225 e. The molecular formula is C23H30N4O. The first kappa shape index (κ1) is 19.9. The van der Waals surface area contributed by atoms with E-state index in [0.29, 0.717) is 13.0 Å². The standard InChI is InChI=1S/C23H30N4O/c1-15-11-16(2)19(17(3)12-15)9-10-25-23(24-4)26-14-18-13-22(28)27-21-8-6-5-7-20(18)21/h5-8,11-12,18H,9-10,13-14H2,1-4H3,(H,27,28)(H2,24,25,26). The minimum Gasteiger partial charge on any atom is -0.356 e. The molecule has 2 aromatic rings. The second-order valence-corrected chi connectivity index (χ2v) is 7.54. The lowest BCUT2D eigenvalue weighted by Gasteiger charge is -2.26. The molecule has 3 rings (SSSR count). The summed E-state index contributed by atoms with van der Waals surface area (Å²) in [5.74, 6) is 0.981. The Labute approximate surface area is 167 Å². The number of para-hydroxylation sites is 1. The zero-order chi connectivity index (χ0) is 20.1. The molecule has 1 aliphatic rings. The van der Waals surface area contributed by atoms with Crippen molar-refractivity contribution in [2.24, 2.45) is 4.99 Å². The quantitative estimate of drug-likeness (QED) is 0.552. The molecule has 5 nitrogen and oxygen atoms in total. The van der Waals surface area contributed by atoms with Gasteiger partial charge in [-0.3, -0.25) is 9.79 Å². The van der Waals surface area contributed by atoms with Crippen molar-refractivity contribution >= 4 is 17.6 Å². The summed E-state index contributed by atoms with van der Waals surface area (Å²) in [7, 11) is 1.78. The summed E-state index contributed by atoms with van der Waals surface area (Å²) >= 11 is 0. The van der Waals surface area contributed by atoms with Gasteiger partial charge in [0.25, 0.3) is 0 Å². The summed E-state index contributed by atoms with van der Waals surface area (Å²) in [6.07, 6.45) is 1.44. The van der Waals surface area contributed by atoms with Gasteiger partial charge >= 0.3 is 0 Å². The van der Waals surface area contributed by atoms with Gasteiger partial charge in [-0.15, -0.1) is 0 Å². The highest BCUT2D eigenvalue weighted by atomic mass is 16.1. The molecule has 2 aromatic carbocycles. The molecule has 0 aliphatic carbocycles.